The van der Waals surface area contributed by atoms with E-state index in [4.69, 9.17) is 15.0 Å². The van der Waals surface area contributed by atoms with Crippen molar-refractivity contribution in [2.24, 2.45) is 0 Å². The Morgan fingerprint density at radius 3 is 1.32 bits per heavy atom. The molecule has 0 N–H and O–H groups in total. The van der Waals surface area contributed by atoms with Crippen LogP contribution in [0, 0.1) is 0 Å². The third-order valence-electron chi connectivity index (χ3n) is 11.8. The fraction of sp³-hybridized carbons (Fsp3) is 0.0727. The van der Waals surface area contributed by atoms with Crippen molar-refractivity contribution in [3.63, 3.8) is 0 Å². The maximum absolute atomic E-state index is 5.19. The van der Waals surface area contributed by atoms with Crippen LogP contribution < -0.4 is 5.19 Å². The quantitative estimate of drug-likeness (QED) is 0.144. The Labute approximate surface area is 347 Å². The smallest absolute Gasteiger partial charge is 0.164 e. The number of aromatic nitrogens is 3. The molecular weight excluding hydrogens is 731 g/mol. The molecule has 1 aromatic heterocycles. The van der Waals surface area contributed by atoms with Gasteiger partial charge in [0.25, 0.3) is 0 Å². The molecule has 0 unspecified atom stereocenters. The number of nitrogens with zero attached hydrogens (tertiary/aromatic N) is 3. The van der Waals surface area contributed by atoms with Crippen LogP contribution in [0.4, 0.5) is 0 Å². The van der Waals surface area contributed by atoms with Crippen LogP contribution in [0.15, 0.2) is 206 Å². The molecule has 0 aliphatic heterocycles. The Kier molecular flexibility index (Phi) is 9.07. The van der Waals surface area contributed by atoms with Gasteiger partial charge in [-0.05, 0) is 73.8 Å². The van der Waals surface area contributed by atoms with Crippen molar-refractivity contribution < 1.29 is 0 Å². The Balaban J connectivity index is 1.10. The van der Waals surface area contributed by atoms with Crippen molar-refractivity contribution in [1.82, 2.24) is 15.0 Å². The molecule has 3 nitrogen and oxygen atoms in total. The van der Waals surface area contributed by atoms with E-state index in [1.54, 1.807) is 0 Å². The molecule has 59 heavy (non-hydrogen) atoms. The average Bonchev–Trinajstić information content (AvgIpc) is 3.60. The summed E-state index contributed by atoms with van der Waals surface area (Å²) in [6.45, 7) is 7.15. The van der Waals surface area contributed by atoms with Gasteiger partial charge in [0.2, 0.25) is 0 Å². The van der Waals surface area contributed by atoms with E-state index in [1.807, 2.05) is 18.2 Å². The van der Waals surface area contributed by atoms with E-state index in [1.165, 1.54) is 44.1 Å². The van der Waals surface area contributed by atoms with Crippen molar-refractivity contribution in [2.75, 3.05) is 0 Å². The zero-order valence-electron chi connectivity index (χ0n) is 33.5. The van der Waals surface area contributed by atoms with Crippen LogP contribution in [0.5, 0.6) is 0 Å². The van der Waals surface area contributed by atoms with Gasteiger partial charge in [0.15, 0.2) is 17.5 Å². The molecule has 9 aromatic rings. The van der Waals surface area contributed by atoms with Gasteiger partial charge in [-0.1, -0.05) is 213 Å². The summed E-state index contributed by atoms with van der Waals surface area (Å²) in [5.41, 5.74) is 14.5. The third-order valence-corrected chi connectivity index (χ3v) is 13.9. The van der Waals surface area contributed by atoms with Crippen molar-refractivity contribution in [3.8, 4) is 67.5 Å². The van der Waals surface area contributed by atoms with Gasteiger partial charge in [0.05, 0.1) is 13.5 Å². The molecule has 0 radical (unpaired) electrons. The molecule has 1 aliphatic carbocycles. The highest BCUT2D eigenvalue weighted by atomic mass is 28.3. The third kappa shape index (κ3) is 6.52. The molecule has 8 aromatic carbocycles. The monoisotopic (exact) mass is 773 g/mol. The van der Waals surface area contributed by atoms with Gasteiger partial charge in [-0.3, -0.25) is 0 Å². The van der Waals surface area contributed by atoms with E-state index in [0.717, 1.165) is 33.4 Å². The molecule has 0 bridgehead atoms. The van der Waals surface area contributed by atoms with Gasteiger partial charge in [0, 0.05) is 16.7 Å². The van der Waals surface area contributed by atoms with Crippen LogP contribution in [0.3, 0.4) is 0 Å². The molecule has 0 atom stereocenters. The normalized spacial score (nSPS) is 12.8. The average molecular weight is 774 g/mol. The van der Waals surface area contributed by atoms with Gasteiger partial charge >= 0.3 is 0 Å². The van der Waals surface area contributed by atoms with Crippen LogP contribution in [-0.2, 0) is 5.41 Å². The molecule has 282 valence electrons. The minimum Gasteiger partial charge on any atom is -0.208 e. The van der Waals surface area contributed by atoms with Gasteiger partial charge in [-0.25, -0.2) is 15.0 Å². The summed E-state index contributed by atoms with van der Waals surface area (Å²) in [6.07, 6.45) is 0. The lowest BCUT2D eigenvalue weighted by atomic mass is 9.67. The number of benzene rings is 8. The lowest BCUT2D eigenvalue weighted by molar-refractivity contribution is 0.769. The molecule has 4 heteroatoms. The first-order chi connectivity index (χ1) is 28.9. The summed E-state index contributed by atoms with van der Waals surface area (Å²) in [7, 11) is -1.40. The minimum absolute atomic E-state index is 0.472. The van der Waals surface area contributed by atoms with Crippen molar-refractivity contribution in [3.05, 3.63) is 229 Å². The van der Waals surface area contributed by atoms with Crippen LogP contribution in [-0.4, -0.2) is 23.0 Å². The highest BCUT2D eigenvalue weighted by Crippen LogP contribution is 2.56. The van der Waals surface area contributed by atoms with E-state index >= 15 is 0 Å². The summed E-state index contributed by atoms with van der Waals surface area (Å²) in [5, 5.41) is 1.45. The predicted octanol–water partition coefficient (Wildman–Crippen LogP) is 13.1. The largest absolute Gasteiger partial charge is 0.208 e. The van der Waals surface area contributed by atoms with Crippen molar-refractivity contribution >= 4 is 13.3 Å². The van der Waals surface area contributed by atoms with Crippen LogP contribution in [0.2, 0.25) is 19.6 Å². The Bertz CT molecular complexity index is 2910. The van der Waals surface area contributed by atoms with Gasteiger partial charge in [-0.2, -0.15) is 0 Å². The van der Waals surface area contributed by atoms with Crippen LogP contribution in [0.25, 0.3) is 67.5 Å². The Morgan fingerprint density at radius 2 is 0.746 bits per heavy atom. The van der Waals surface area contributed by atoms with Crippen LogP contribution in [0.1, 0.15) is 22.3 Å². The molecule has 1 aliphatic rings. The summed E-state index contributed by atoms with van der Waals surface area (Å²) in [5.74, 6) is 1.93. The maximum Gasteiger partial charge on any atom is 0.164 e. The lowest BCUT2D eigenvalue weighted by Gasteiger charge is -2.34. The van der Waals surface area contributed by atoms with E-state index < -0.39 is 13.5 Å². The highest BCUT2D eigenvalue weighted by molar-refractivity contribution is 6.88. The fourth-order valence-electron chi connectivity index (χ4n) is 8.81. The lowest BCUT2D eigenvalue weighted by Crippen LogP contribution is -2.37. The predicted molar refractivity (Wildman–Crippen MR) is 247 cm³/mol. The second-order valence-corrected chi connectivity index (χ2v) is 21.5. The molecule has 0 spiro atoms. The van der Waals surface area contributed by atoms with Crippen molar-refractivity contribution in [1.29, 1.82) is 0 Å². The summed E-state index contributed by atoms with van der Waals surface area (Å²) in [6, 6.07) is 74.2. The first-order valence-electron chi connectivity index (χ1n) is 20.4. The van der Waals surface area contributed by atoms with E-state index in [9.17, 15) is 0 Å². The van der Waals surface area contributed by atoms with Gasteiger partial charge < -0.3 is 0 Å². The molecular formula is C55H43N3Si. The van der Waals surface area contributed by atoms with Gasteiger partial charge in [0.1, 0.15) is 0 Å². The summed E-state index contributed by atoms with van der Waals surface area (Å²) < 4.78 is 0. The zero-order valence-corrected chi connectivity index (χ0v) is 34.5. The maximum atomic E-state index is 5.19. The second kappa shape index (κ2) is 14.7. The standard InChI is InChI=1S/C55H43N3Si/c1-59(2,3)47-32-29-38(30-33-47)40-19-15-21-43(35-40)53-56-52(39-17-7-4-8-18-39)57-54(58-53)44-22-16-20-41(36-44)42-31-34-49-48-27-13-14-28-50(48)55(51(49)37-42,45-23-9-5-10-24-45)46-25-11-6-12-26-46/h4-37H,1-3H3. The number of fused-ring (bicyclic) bond motifs is 3. The molecule has 0 saturated heterocycles. The molecule has 0 amide bonds. The number of hydrogen-bond donors (Lipinski definition) is 0. The first kappa shape index (κ1) is 36.3. The SMILES string of the molecule is C[Si](C)(C)c1ccc(-c2cccc(-c3nc(-c4ccccc4)nc(-c4cccc(-c5ccc6c(c5)C(c5ccccc5)(c5ccccc5)c5ccccc5-6)c4)n3)c2)cc1. The highest BCUT2D eigenvalue weighted by Gasteiger charge is 2.46. The topological polar surface area (TPSA) is 38.7 Å². The summed E-state index contributed by atoms with van der Waals surface area (Å²) in [4.78, 5) is 15.4. The van der Waals surface area contributed by atoms with E-state index in [2.05, 4.69) is 208 Å². The Hall–Kier alpha value is -7.01. The van der Waals surface area contributed by atoms with Gasteiger partial charge in [-0.15, -0.1) is 0 Å². The fourth-order valence-corrected chi connectivity index (χ4v) is 9.98. The van der Waals surface area contributed by atoms with E-state index in [0.29, 0.717) is 17.5 Å². The summed E-state index contributed by atoms with van der Waals surface area (Å²) >= 11 is 0. The molecule has 0 saturated carbocycles. The Morgan fingerprint density at radius 1 is 0.322 bits per heavy atom. The second-order valence-electron chi connectivity index (χ2n) is 16.4. The van der Waals surface area contributed by atoms with E-state index in [-0.39, 0.29) is 0 Å². The van der Waals surface area contributed by atoms with Crippen LogP contribution >= 0.6 is 0 Å². The molecule has 0 fully saturated rings. The molecule has 10 rings (SSSR count). The first-order valence-corrected chi connectivity index (χ1v) is 23.9. The molecule has 1 heterocycles. The minimum atomic E-state index is -1.40. The van der Waals surface area contributed by atoms with Crippen molar-refractivity contribution in [2.45, 2.75) is 25.1 Å². The number of rotatable bonds is 8. The number of hydrogen-bond acceptors (Lipinski definition) is 3. The zero-order chi connectivity index (χ0) is 40.0.